The van der Waals surface area contributed by atoms with E-state index < -0.39 is 18.2 Å². The number of phenolic OH excluding ortho intramolecular Hbond substituents is 1. The summed E-state index contributed by atoms with van der Waals surface area (Å²) < 4.78 is 26.4. The Morgan fingerprint density at radius 2 is 2.08 bits per heavy atom. The molecule has 25 heavy (non-hydrogen) atoms. The van der Waals surface area contributed by atoms with E-state index in [4.69, 9.17) is 18.9 Å². The average Bonchev–Trinajstić information content (AvgIpc) is 3.01. The first-order chi connectivity index (χ1) is 12.0. The Morgan fingerprint density at radius 3 is 2.72 bits per heavy atom. The smallest absolute Gasteiger partial charge is 0.342 e. The number of ether oxygens (including phenoxy) is 5. The third kappa shape index (κ3) is 2.97. The molecule has 2 heterocycles. The SMILES string of the molecule is COC(=O)CC[C@H]1C[C@H]2OC(=O)c3c(cc(OC)c(OC)c3O)[C@H]2O1. The first-order valence-electron chi connectivity index (χ1n) is 7.91. The molecule has 2 aliphatic rings. The molecule has 8 heteroatoms. The number of hydrogen-bond acceptors (Lipinski definition) is 8. The maximum absolute atomic E-state index is 12.3. The van der Waals surface area contributed by atoms with Gasteiger partial charge in [-0.15, -0.1) is 0 Å². The maximum Gasteiger partial charge on any atom is 0.342 e. The summed E-state index contributed by atoms with van der Waals surface area (Å²) in [4.78, 5) is 23.6. The zero-order valence-corrected chi connectivity index (χ0v) is 14.2. The Labute approximate surface area is 144 Å². The fourth-order valence-electron chi connectivity index (χ4n) is 3.31. The van der Waals surface area contributed by atoms with Gasteiger partial charge in [0.1, 0.15) is 17.8 Å². The Balaban J connectivity index is 1.90. The van der Waals surface area contributed by atoms with E-state index in [-0.39, 0.29) is 35.6 Å². The van der Waals surface area contributed by atoms with E-state index in [1.165, 1.54) is 21.3 Å². The lowest BCUT2D eigenvalue weighted by atomic mass is 9.93. The largest absolute Gasteiger partial charge is 0.504 e. The van der Waals surface area contributed by atoms with Gasteiger partial charge < -0.3 is 28.8 Å². The number of rotatable bonds is 5. The van der Waals surface area contributed by atoms with Gasteiger partial charge in [-0.25, -0.2) is 4.79 Å². The molecule has 3 atom stereocenters. The first kappa shape index (κ1) is 17.3. The molecule has 0 saturated carbocycles. The second kappa shape index (κ2) is 6.79. The van der Waals surface area contributed by atoms with Gasteiger partial charge in [0.15, 0.2) is 11.5 Å². The van der Waals surface area contributed by atoms with Crippen molar-refractivity contribution in [2.45, 2.75) is 37.6 Å². The second-order valence-electron chi connectivity index (χ2n) is 5.90. The van der Waals surface area contributed by atoms with E-state index in [1.54, 1.807) is 6.07 Å². The lowest BCUT2D eigenvalue weighted by Gasteiger charge is -2.28. The molecule has 0 radical (unpaired) electrons. The molecule has 136 valence electrons. The highest BCUT2D eigenvalue weighted by Gasteiger charge is 2.46. The minimum absolute atomic E-state index is 0.0208. The van der Waals surface area contributed by atoms with Crippen molar-refractivity contribution in [3.05, 3.63) is 17.2 Å². The van der Waals surface area contributed by atoms with Crippen LogP contribution in [0.15, 0.2) is 6.07 Å². The molecule has 0 amide bonds. The van der Waals surface area contributed by atoms with E-state index in [2.05, 4.69) is 4.74 Å². The van der Waals surface area contributed by atoms with Crippen LogP contribution in [-0.4, -0.2) is 50.6 Å². The van der Waals surface area contributed by atoms with Gasteiger partial charge in [0.05, 0.1) is 27.4 Å². The van der Waals surface area contributed by atoms with Crippen molar-refractivity contribution in [3.8, 4) is 17.2 Å². The number of methoxy groups -OCH3 is 3. The molecule has 0 bridgehead atoms. The molecule has 1 aromatic carbocycles. The van der Waals surface area contributed by atoms with Gasteiger partial charge in [-0.1, -0.05) is 0 Å². The number of carbonyl (C=O) groups excluding carboxylic acids is 2. The maximum atomic E-state index is 12.3. The summed E-state index contributed by atoms with van der Waals surface area (Å²) in [5, 5.41) is 10.4. The molecule has 0 aliphatic carbocycles. The predicted octanol–water partition coefficient (Wildman–Crippen LogP) is 1.73. The molecule has 3 rings (SSSR count). The molecular formula is C17H20O8. The lowest BCUT2D eigenvalue weighted by molar-refractivity contribution is -0.141. The standard InChI is InChI=1S/C17H20O8/c1-21-10-7-9-13(14(19)16(10)23-3)17(20)25-11-6-8(24-15(9)11)4-5-12(18)22-2/h7-8,11,15,19H,4-6H2,1-3H3/t8-,11+,15+/m0/s1. The van der Waals surface area contributed by atoms with Crippen molar-refractivity contribution in [1.29, 1.82) is 0 Å². The van der Waals surface area contributed by atoms with Gasteiger partial charge in [0.2, 0.25) is 5.75 Å². The van der Waals surface area contributed by atoms with Gasteiger partial charge in [0, 0.05) is 18.4 Å². The highest BCUT2D eigenvalue weighted by molar-refractivity contribution is 5.97. The molecule has 0 aromatic heterocycles. The van der Waals surface area contributed by atoms with E-state index in [0.29, 0.717) is 24.2 Å². The fourth-order valence-corrected chi connectivity index (χ4v) is 3.31. The normalized spacial score (nSPS) is 24.1. The van der Waals surface area contributed by atoms with Crippen LogP contribution in [0.1, 0.15) is 41.3 Å². The zero-order chi connectivity index (χ0) is 18.1. The van der Waals surface area contributed by atoms with Crippen LogP contribution in [0.2, 0.25) is 0 Å². The summed E-state index contributed by atoms with van der Waals surface area (Å²) in [5.41, 5.74) is 0.518. The molecule has 2 aliphatic heterocycles. The minimum Gasteiger partial charge on any atom is -0.504 e. The summed E-state index contributed by atoms with van der Waals surface area (Å²) in [7, 11) is 4.14. The highest BCUT2D eigenvalue weighted by atomic mass is 16.6. The average molecular weight is 352 g/mol. The van der Waals surface area contributed by atoms with Gasteiger partial charge in [-0.3, -0.25) is 4.79 Å². The summed E-state index contributed by atoms with van der Waals surface area (Å²) in [6, 6.07) is 1.62. The quantitative estimate of drug-likeness (QED) is 0.800. The van der Waals surface area contributed by atoms with Crippen molar-refractivity contribution in [3.63, 3.8) is 0 Å². The number of carbonyl (C=O) groups is 2. The fraction of sp³-hybridized carbons (Fsp3) is 0.529. The Morgan fingerprint density at radius 1 is 1.32 bits per heavy atom. The van der Waals surface area contributed by atoms with Crippen molar-refractivity contribution < 1.29 is 38.4 Å². The van der Waals surface area contributed by atoms with E-state index >= 15 is 0 Å². The molecule has 1 fully saturated rings. The monoisotopic (exact) mass is 352 g/mol. The Kier molecular flexibility index (Phi) is 4.71. The van der Waals surface area contributed by atoms with Crippen LogP contribution in [-0.2, 0) is 19.0 Å². The van der Waals surface area contributed by atoms with Crippen LogP contribution < -0.4 is 9.47 Å². The highest BCUT2D eigenvalue weighted by Crippen LogP contribution is 2.50. The zero-order valence-electron chi connectivity index (χ0n) is 14.2. The number of aromatic hydroxyl groups is 1. The molecule has 0 spiro atoms. The molecule has 0 unspecified atom stereocenters. The summed E-state index contributed by atoms with van der Waals surface area (Å²) in [6.07, 6.45) is -0.0869. The molecule has 8 nitrogen and oxygen atoms in total. The predicted molar refractivity (Wildman–Crippen MR) is 83.9 cm³/mol. The second-order valence-corrected chi connectivity index (χ2v) is 5.90. The Hall–Kier alpha value is -2.48. The minimum atomic E-state index is -0.632. The number of benzene rings is 1. The van der Waals surface area contributed by atoms with E-state index in [0.717, 1.165) is 0 Å². The molecule has 1 N–H and O–H groups in total. The molecule has 1 aromatic rings. The van der Waals surface area contributed by atoms with Crippen LogP contribution in [0.3, 0.4) is 0 Å². The molecule has 1 saturated heterocycles. The Bertz CT molecular complexity index is 698. The summed E-state index contributed by atoms with van der Waals surface area (Å²) in [6.45, 7) is 0. The van der Waals surface area contributed by atoms with Crippen molar-refractivity contribution in [1.82, 2.24) is 0 Å². The first-order valence-corrected chi connectivity index (χ1v) is 7.91. The van der Waals surface area contributed by atoms with Gasteiger partial charge in [-0.05, 0) is 12.5 Å². The summed E-state index contributed by atoms with van der Waals surface area (Å²) >= 11 is 0. The van der Waals surface area contributed by atoms with Crippen LogP contribution in [0, 0.1) is 0 Å². The van der Waals surface area contributed by atoms with E-state index in [1.807, 2.05) is 0 Å². The van der Waals surface area contributed by atoms with Crippen molar-refractivity contribution in [2.24, 2.45) is 0 Å². The third-order valence-corrected chi connectivity index (χ3v) is 4.51. The molecular weight excluding hydrogens is 332 g/mol. The van der Waals surface area contributed by atoms with Crippen LogP contribution >= 0.6 is 0 Å². The number of esters is 2. The third-order valence-electron chi connectivity index (χ3n) is 4.51. The summed E-state index contributed by atoms with van der Waals surface area (Å²) in [5.74, 6) is -0.917. The van der Waals surface area contributed by atoms with Crippen molar-refractivity contribution in [2.75, 3.05) is 21.3 Å². The number of phenols is 1. The van der Waals surface area contributed by atoms with Crippen LogP contribution in [0.4, 0.5) is 0 Å². The van der Waals surface area contributed by atoms with Gasteiger partial charge in [0.25, 0.3) is 0 Å². The van der Waals surface area contributed by atoms with Gasteiger partial charge in [-0.2, -0.15) is 0 Å². The van der Waals surface area contributed by atoms with Crippen molar-refractivity contribution >= 4 is 11.9 Å². The lowest BCUT2D eigenvalue weighted by Crippen LogP contribution is -2.29. The topological polar surface area (TPSA) is 101 Å². The van der Waals surface area contributed by atoms with E-state index in [9.17, 15) is 14.7 Å². The number of hydrogen-bond donors (Lipinski definition) is 1. The van der Waals surface area contributed by atoms with Gasteiger partial charge >= 0.3 is 11.9 Å². The van der Waals surface area contributed by atoms with Crippen LogP contribution in [0.25, 0.3) is 0 Å². The van der Waals surface area contributed by atoms with Crippen LogP contribution in [0.5, 0.6) is 17.2 Å². The number of fused-ring (bicyclic) bond motifs is 3.